The lowest BCUT2D eigenvalue weighted by atomic mass is 9.81. The van der Waals surface area contributed by atoms with Crippen LogP contribution in [0.25, 0.3) is 22.0 Å². The minimum absolute atomic E-state index is 0.0802. The Kier molecular flexibility index (Phi) is 8.52. The van der Waals surface area contributed by atoms with Gasteiger partial charge < -0.3 is 10.4 Å². The van der Waals surface area contributed by atoms with Gasteiger partial charge in [0.2, 0.25) is 5.91 Å². The molecular formula is C38H31F7N6O2. The number of para-hydroxylation sites is 1. The van der Waals surface area contributed by atoms with E-state index >= 15 is 8.78 Å². The van der Waals surface area contributed by atoms with Gasteiger partial charge in [0.05, 0.1) is 28.9 Å². The Morgan fingerprint density at radius 3 is 2.40 bits per heavy atom. The average molecular weight is 737 g/mol. The molecular weight excluding hydrogens is 705 g/mol. The van der Waals surface area contributed by atoms with E-state index in [0.717, 1.165) is 29.3 Å². The molecule has 3 aromatic heterocycles. The number of nitrogens with one attached hydrogen (secondary N) is 1. The van der Waals surface area contributed by atoms with Crippen molar-refractivity contribution < 1.29 is 40.6 Å². The molecule has 0 saturated heterocycles. The smallest absolute Gasteiger partial charge is 0.378 e. The van der Waals surface area contributed by atoms with E-state index in [1.165, 1.54) is 19.9 Å². The van der Waals surface area contributed by atoms with E-state index in [4.69, 9.17) is 4.98 Å². The number of halogens is 7. The van der Waals surface area contributed by atoms with Gasteiger partial charge in [0.25, 0.3) is 5.92 Å². The van der Waals surface area contributed by atoms with Crippen molar-refractivity contribution in [3.63, 3.8) is 0 Å². The van der Waals surface area contributed by atoms with E-state index in [-0.39, 0.29) is 23.4 Å². The van der Waals surface area contributed by atoms with Gasteiger partial charge in [0, 0.05) is 41.1 Å². The lowest BCUT2D eigenvalue weighted by Crippen LogP contribution is -2.36. The third-order valence-electron chi connectivity index (χ3n) is 9.32. The molecule has 3 atom stereocenters. The molecule has 2 N–H and O–H groups in total. The summed E-state index contributed by atoms with van der Waals surface area (Å²) in [6, 6.07) is 10.2. The molecule has 2 aliphatic carbocycles. The number of aromatic nitrogens is 5. The van der Waals surface area contributed by atoms with Crippen molar-refractivity contribution in [1.82, 2.24) is 29.9 Å². The SMILES string of the molecule is Cc1nn(C)c2c(-c3ccc(C#CC(C)(C)O)nc3C(Cc3cc(F)cc(F)c3)NC(=O)Cn3nc(C(F)(F)F)c4c3C(F)(F)C3C=CC43)cccc12. The number of alkyl halides is 5. The second-order valence-corrected chi connectivity index (χ2v) is 13.8. The summed E-state index contributed by atoms with van der Waals surface area (Å²) in [6.45, 7) is 3.71. The fraction of sp³-hybridized carbons (Fsp3) is 0.316. The van der Waals surface area contributed by atoms with Crippen LogP contribution in [0.1, 0.15) is 65.4 Å². The van der Waals surface area contributed by atoms with Gasteiger partial charge in [-0.05, 0) is 62.9 Å². The normalized spacial score (nSPS) is 17.9. The lowest BCUT2D eigenvalue weighted by Gasteiger charge is -2.27. The fourth-order valence-electron chi connectivity index (χ4n) is 7.12. The number of amides is 1. The van der Waals surface area contributed by atoms with Crippen molar-refractivity contribution >= 4 is 16.8 Å². The molecule has 1 amide bonds. The number of allylic oxidation sites excluding steroid dienone is 2. The zero-order valence-electron chi connectivity index (χ0n) is 28.7. The molecule has 8 nitrogen and oxygen atoms in total. The van der Waals surface area contributed by atoms with Gasteiger partial charge in [-0.15, -0.1) is 0 Å². The maximum Gasteiger partial charge on any atom is 0.435 e. The van der Waals surface area contributed by atoms with Gasteiger partial charge >= 0.3 is 6.18 Å². The van der Waals surface area contributed by atoms with E-state index in [1.54, 1.807) is 36.0 Å². The number of pyridine rings is 1. The number of benzene rings is 2. The summed E-state index contributed by atoms with van der Waals surface area (Å²) in [7, 11) is 1.74. The van der Waals surface area contributed by atoms with E-state index in [1.807, 2.05) is 13.0 Å². The van der Waals surface area contributed by atoms with Crippen LogP contribution in [0.2, 0.25) is 0 Å². The Bertz CT molecular complexity index is 2370. The summed E-state index contributed by atoms with van der Waals surface area (Å²) >= 11 is 0. The van der Waals surface area contributed by atoms with Gasteiger partial charge in [0.1, 0.15) is 35.2 Å². The first-order valence-corrected chi connectivity index (χ1v) is 16.5. The highest BCUT2D eigenvalue weighted by atomic mass is 19.4. The fourth-order valence-corrected chi connectivity index (χ4v) is 7.12. The number of hydrogen-bond acceptors (Lipinski definition) is 5. The first-order chi connectivity index (χ1) is 24.8. The Balaban J connectivity index is 1.36. The highest BCUT2D eigenvalue weighted by Gasteiger charge is 2.61. The van der Waals surface area contributed by atoms with E-state index < -0.39 is 76.6 Å². The number of hydrogen-bond donors (Lipinski definition) is 2. The zero-order chi connectivity index (χ0) is 38.2. The number of carbonyl (C=O) groups excluding carboxylic acids is 1. The molecule has 0 radical (unpaired) electrons. The van der Waals surface area contributed by atoms with Crippen molar-refractivity contribution in [3.05, 3.63) is 112 Å². The van der Waals surface area contributed by atoms with Crippen LogP contribution in [-0.2, 0) is 36.9 Å². The predicted octanol–water partition coefficient (Wildman–Crippen LogP) is 7.03. The third-order valence-corrected chi connectivity index (χ3v) is 9.32. The van der Waals surface area contributed by atoms with Crippen molar-refractivity contribution in [1.29, 1.82) is 0 Å². The summed E-state index contributed by atoms with van der Waals surface area (Å²) in [5.74, 6) is -3.83. The Labute approximate surface area is 298 Å². The molecule has 0 aliphatic heterocycles. The second kappa shape index (κ2) is 12.6. The highest BCUT2D eigenvalue weighted by molar-refractivity contribution is 5.96. The minimum Gasteiger partial charge on any atom is -0.378 e. The maximum atomic E-state index is 15.5. The van der Waals surface area contributed by atoms with Crippen molar-refractivity contribution in [2.45, 2.75) is 63.4 Å². The van der Waals surface area contributed by atoms with Crippen LogP contribution in [0.5, 0.6) is 0 Å². The number of nitrogens with zero attached hydrogens (tertiary/aromatic N) is 5. The third kappa shape index (κ3) is 6.56. The molecule has 0 fully saturated rings. The van der Waals surface area contributed by atoms with E-state index in [9.17, 15) is 31.9 Å². The minimum atomic E-state index is -5.07. The van der Waals surface area contributed by atoms with Crippen LogP contribution in [0.4, 0.5) is 30.7 Å². The number of fused-ring (bicyclic) bond motifs is 4. The molecule has 5 aromatic rings. The topological polar surface area (TPSA) is 97.9 Å². The summed E-state index contributed by atoms with van der Waals surface area (Å²) in [4.78, 5) is 18.6. The molecule has 15 heteroatoms. The average Bonchev–Trinajstić information content (AvgIpc) is 3.59. The summed E-state index contributed by atoms with van der Waals surface area (Å²) in [6.07, 6.45) is -2.98. The first-order valence-electron chi connectivity index (χ1n) is 16.5. The van der Waals surface area contributed by atoms with Gasteiger partial charge in [-0.25, -0.2) is 13.8 Å². The van der Waals surface area contributed by atoms with Crippen LogP contribution in [-0.4, -0.2) is 41.2 Å². The number of aryl methyl sites for hydroxylation is 2. The maximum absolute atomic E-state index is 15.5. The summed E-state index contributed by atoms with van der Waals surface area (Å²) in [5.41, 5.74) is -1.79. The van der Waals surface area contributed by atoms with Gasteiger partial charge in [-0.1, -0.05) is 36.3 Å². The van der Waals surface area contributed by atoms with Crippen LogP contribution >= 0.6 is 0 Å². The molecule has 0 bridgehead atoms. The van der Waals surface area contributed by atoms with Gasteiger partial charge in [0.15, 0.2) is 5.69 Å². The standard InChI is InChI=1S/C38H31F7N6O2/c1-19-24-6-5-7-26(33(24)50(4)48-19)25-9-8-23(12-13-36(2,3)53)46-32(25)29(16-20-14-21(39)17-22(40)15-20)47-30(52)18-51-35-31(34(49-51)38(43,44)45)27-10-11-28(27)37(35,41)42/h5-11,14-15,17,27-29,53H,16,18H2,1-4H3,(H,47,52). The van der Waals surface area contributed by atoms with Gasteiger partial charge in [-0.3, -0.25) is 14.2 Å². The number of aliphatic hydroxyl groups is 1. The van der Waals surface area contributed by atoms with Crippen LogP contribution in [0.15, 0.2) is 60.7 Å². The Morgan fingerprint density at radius 1 is 1.04 bits per heavy atom. The quantitative estimate of drug-likeness (QED) is 0.106. The highest BCUT2D eigenvalue weighted by Crippen LogP contribution is 2.60. The summed E-state index contributed by atoms with van der Waals surface area (Å²) in [5, 5.41) is 21.7. The molecule has 2 aliphatic rings. The Hall–Kier alpha value is -5.49. The lowest BCUT2D eigenvalue weighted by molar-refractivity contribution is -0.142. The van der Waals surface area contributed by atoms with E-state index in [2.05, 4.69) is 27.4 Å². The largest absolute Gasteiger partial charge is 0.435 e. The Morgan fingerprint density at radius 2 is 1.75 bits per heavy atom. The monoisotopic (exact) mass is 736 g/mol. The molecule has 53 heavy (non-hydrogen) atoms. The molecule has 3 heterocycles. The molecule has 3 unspecified atom stereocenters. The first kappa shape index (κ1) is 35.9. The van der Waals surface area contributed by atoms with Crippen molar-refractivity contribution in [2.75, 3.05) is 0 Å². The van der Waals surface area contributed by atoms with Gasteiger partial charge in [-0.2, -0.15) is 32.1 Å². The second-order valence-electron chi connectivity index (χ2n) is 13.8. The van der Waals surface area contributed by atoms with Crippen LogP contribution < -0.4 is 5.32 Å². The molecule has 274 valence electrons. The zero-order valence-corrected chi connectivity index (χ0v) is 28.7. The number of rotatable bonds is 7. The molecule has 7 rings (SSSR count). The summed E-state index contributed by atoms with van der Waals surface area (Å²) < 4.78 is 104. The predicted molar refractivity (Wildman–Crippen MR) is 179 cm³/mol. The molecule has 0 saturated carbocycles. The molecule has 0 spiro atoms. The molecule has 2 aromatic carbocycles. The van der Waals surface area contributed by atoms with Crippen molar-refractivity contribution in [3.8, 4) is 23.0 Å². The number of carbonyl (C=O) groups is 1. The van der Waals surface area contributed by atoms with E-state index in [0.29, 0.717) is 27.4 Å². The van der Waals surface area contributed by atoms with Crippen LogP contribution in [0, 0.1) is 36.3 Å². The van der Waals surface area contributed by atoms with Crippen LogP contribution in [0.3, 0.4) is 0 Å². The van der Waals surface area contributed by atoms with Crippen molar-refractivity contribution in [2.24, 2.45) is 13.0 Å².